The van der Waals surface area contributed by atoms with E-state index in [9.17, 15) is 0 Å². The third-order valence-electron chi connectivity index (χ3n) is 4.10. The van der Waals surface area contributed by atoms with Crippen LogP contribution in [0.15, 0.2) is 59.0 Å². The number of allylic oxidation sites excluding steroid dienone is 1. The first-order valence-corrected chi connectivity index (χ1v) is 9.70. The Hall–Kier alpha value is -3.12. The highest BCUT2D eigenvalue weighted by atomic mass is 32.1. The first-order chi connectivity index (χ1) is 13.6. The number of hydrogen-bond donors (Lipinski definition) is 1. The first-order valence-electron chi connectivity index (χ1n) is 8.82. The number of thiazole rings is 1. The molecule has 0 fully saturated rings. The van der Waals surface area contributed by atoms with Gasteiger partial charge in [0, 0.05) is 10.9 Å². The number of rotatable bonds is 7. The van der Waals surface area contributed by atoms with Gasteiger partial charge in [0.1, 0.15) is 0 Å². The van der Waals surface area contributed by atoms with Crippen molar-refractivity contribution >= 4 is 28.3 Å². The van der Waals surface area contributed by atoms with Crippen LogP contribution in [0.25, 0.3) is 17.3 Å². The van der Waals surface area contributed by atoms with Gasteiger partial charge in [-0.25, -0.2) is 4.98 Å². The minimum absolute atomic E-state index is 0.698. The number of hydrazone groups is 1. The number of nitrogens with zero attached hydrogens (tertiary/aromatic N) is 2. The minimum Gasteiger partial charge on any atom is -0.493 e. The Balaban J connectivity index is 1.64. The number of anilines is 1. The van der Waals surface area contributed by atoms with E-state index in [2.05, 4.69) is 46.7 Å². The molecule has 0 bridgehead atoms. The van der Waals surface area contributed by atoms with E-state index in [0.29, 0.717) is 11.5 Å². The molecule has 2 aromatic carbocycles. The van der Waals surface area contributed by atoms with E-state index in [0.717, 1.165) is 27.7 Å². The van der Waals surface area contributed by atoms with Crippen molar-refractivity contribution in [2.75, 3.05) is 19.6 Å². The van der Waals surface area contributed by atoms with Crippen LogP contribution in [-0.4, -0.2) is 24.9 Å². The molecule has 1 aromatic heterocycles. The van der Waals surface area contributed by atoms with Crippen molar-refractivity contribution in [1.29, 1.82) is 0 Å². The normalized spacial score (nSPS) is 11.6. The molecule has 0 radical (unpaired) electrons. The van der Waals surface area contributed by atoms with Gasteiger partial charge in [-0.15, -0.1) is 11.3 Å². The molecule has 28 heavy (non-hydrogen) atoms. The molecule has 6 heteroatoms. The van der Waals surface area contributed by atoms with E-state index in [-0.39, 0.29) is 0 Å². The summed E-state index contributed by atoms with van der Waals surface area (Å²) in [4.78, 5) is 4.59. The van der Waals surface area contributed by atoms with Gasteiger partial charge in [0.25, 0.3) is 0 Å². The molecule has 0 spiro atoms. The summed E-state index contributed by atoms with van der Waals surface area (Å²) in [5.74, 6) is 1.41. The number of benzene rings is 2. The first kappa shape index (κ1) is 19.6. The summed E-state index contributed by atoms with van der Waals surface area (Å²) in [6.45, 7) is 4.00. The smallest absolute Gasteiger partial charge is 0.203 e. The zero-order chi connectivity index (χ0) is 19.9. The summed E-state index contributed by atoms with van der Waals surface area (Å²) in [5, 5.41) is 7.16. The van der Waals surface area contributed by atoms with E-state index in [1.54, 1.807) is 14.2 Å². The third kappa shape index (κ3) is 4.98. The van der Waals surface area contributed by atoms with Crippen molar-refractivity contribution in [3.8, 4) is 22.8 Å². The van der Waals surface area contributed by atoms with Crippen LogP contribution in [0, 0.1) is 6.92 Å². The van der Waals surface area contributed by atoms with Crippen LogP contribution in [0.1, 0.15) is 18.1 Å². The van der Waals surface area contributed by atoms with Gasteiger partial charge in [0.15, 0.2) is 11.5 Å². The van der Waals surface area contributed by atoms with Crippen molar-refractivity contribution in [1.82, 2.24) is 4.98 Å². The number of hydrogen-bond acceptors (Lipinski definition) is 6. The van der Waals surface area contributed by atoms with Crippen LogP contribution >= 0.6 is 11.3 Å². The predicted molar refractivity (Wildman–Crippen MR) is 118 cm³/mol. The predicted octanol–water partition coefficient (Wildman–Crippen LogP) is 5.64. The molecule has 0 saturated heterocycles. The molecule has 3 rings (SSSR count). The molecule has 0 unspecified atom stereocenters. The van der Waals surface area contributed by atoms with Gasteiger partial charge in [-0.1, -0.05) is 42.0 Å². The highest BCUT2D eigenvalue weighted by Crippen LogP contribution is 2.28. The summed E-state index contributed by atoms with van der Waals surface area (Å²) in [6.07, 6.45) is 3.91. The van der Waals surface area contributed by atoms with Crippen molar-refractivity contribution in [3.63, 3.8) is 0 Å². The lowest BCUT2D eigenvalue weighted by Gasteiger charge is -2.07. The van der Waals surface area contributed by atoms with E-state index >= 15 is 0 Å². The largest absolute Gasteiger partial charge is 0.493 e. The third-order valence-corrected chi connectivity index (χ3v) is 4.85. The van der Waals surface area contributed by atoms with E-state index in [4.69, 9.17) is 9.47 Å². The summed E-state index contributed by atoms with van der Waals surface area (Å²) in [6, 6.07) is 14.1. The van der Waals surface area contributed by atoms with Gasteiger partial charge in [0.2, 0.25) is 5.13 Å². The second-order valence-electron chi connectivity index (χ2n) is 6.22. The maximum absolute atomic E-state index is 5.33. The van der Waals surface area contributed by atoms with E-state index < -0.39 is 0 Å². The maximum atomic E-state index is 5.33. The summed E-state index contributed by atoms with van der Waals surface area (Å²) in [5.41, 5.74) is 8.14. The fourth-order valence-corrected chi connectivity index (χ4v) is 3.19. The van der Waals surface area contributed by atoms with Crippen molar-refractivity contribution in [2.45, 2.75) is 13.8 Å². The Labute approximate surface area is 169 Å². The van der Waals surface area contributed by atoms with Crippen LogP contribution < -0.4 is 14.9 Å². The molecule has 3 aromatic rings. The summed E-state index contributed by atoms with van der Waals surface area (Å²) in [7, 11) is 3.25. The average molecular weight is 394 g/mol. The number of methoxy groups -OCH3 is 2. The molecular weight excluding hydrogens is 370 g/mol. The molecule has 0 amide bonds. The Bertz CT molecular complexity index is 991. The lowest BCUT2D eigenvalue weighted by molar-refractivity contribution is 0.355. The molecule has 1 heterocycles. The fraction of sp³-hybridized carbons (Fsp3) is 0.182. The molecule has 5 nitrogen and oxygen atoms in total. The van der Waals surface area contributed by atoms with Crippen LogP contribution in [0.5, 0.6) is 11.5 Å². The Morgan fingerprint density at radius 1 is 1.07 bits per heavy atom. The average Bonchev–Trinajstić information content (AvgIpc) is 3.20. The van der Waals surface area contributed by atoms with E-state index in [1.165, 1.54) is 16.9 Å². The highest BCUT2D eigenvalue weighted by Gasteiger charge is 2.04. The standard InChI is InChI=1S/C22H23N3O2S/c1-15-5-10-18(11-6-15)19-14-28-22(23-19)25-24-16(2)7-8-17-9-12-20(26-3)21(13-17)27-4/h5-14H,1-4H3,(H,23,25)/b8-7+,24-16+. The van der Waals surface area contributed by atoms with Crippen LogP contribution in [0.2, 0.25) is 0 Å². The summed E-state index contributed by atoms with van der Waals surface area (Å²) < 4.78 is 10.6. The molecule has 0 aliphatic rings. The number of aryl methyl sites for hydroxylation is 1. The van der Waals surface area contributed by atoms with Crippen LogP contribution in [-0.2, 0) is 0 Å². The van der Waals surface area contributed by atoms with Gasteiger partial charge < -0.3 is 9.47 Å². The topological polar surface area (TPSA) is 55.7 Å². The van der Waals surface area contributed by atoms with Crippen molar-refractivity contribution in [3.05, 3.63) is 65.0 Å². The van der Waals surface area contributed by atoms with Gasteiger partial charge in [-0.05, 0) is 37.6 Å². The molecule has 0 atom stereocenters. The van der Waals surface area contributed by atoms with Crippen molar-refractivity contribution in [2.24, 2.45) is 5.10 Å². The minimum atomic E-state index is 0.698. The zero-order valence-corrected chi connectivity index (χ0v) is 17.2. The molecular formula is C22H23N3O2S. The summed E-state index contributed by atoms with van der Waals surface area (Å²) >= 11 is 1.53. The zero-order valence-electron chi connectivity index (χ0n) is 16.4. The molecule has 144 valence electrons. The van der Waals surface area contributed by atoms with Crippen LogP contribution in [0.4, 0.5) is 5.13 Å². The Kier molecular flexibility index (Phi) is 6.45. The molecule has 0 aliphatic heterocycles. The quantitative estimate of drug-likeness (QED) is 0.417. The number of nitrogens with one attached hydrogen (secondary N) is 1. The van der Waals surface area contributed by atoms with Gasteiger partial charge in [-0.2, -0.15) is 5.10 Å². The maximum Gasteiger partial charge on any atom is 0.203 e. The van der Waals surface area contributed by atoms with Crippen LogP contribution in [0.3, 0.4) is 0 Å². The number of ether oxygens (including phenoxy) is 2. The lowest BCUT2D eigenvalue weighted by atomic mass is 10.1. The highest BCUT2D eigenvalue weighted by molar-refractivity contribution is 7.14. The Morgan fingerprint density at radius 2 is 1.82 bits per heavy atom. The second-order valence-corrected chi connectivity index (χ2v) is 7.07. The monoisotopic (exact) mass is 393 g/mol. The molecule has 0 aliphatic carbocycles. The number of aromatic nitrogens is 1. The fourth-order valence-electron chi connectivity index (χ4n) is 2.53. The lowest BCUT2D eigenvalue weighted by Crippen LogP contribution is -1.94. The molecule has 0 saturated carbocycles. The SMILES string of the molecule is COc1ccc(/C=C/C(C)=N/Nc2nc(-c3ccc(C)cc3)cs2)cc1OC. The second kappa shape index (κ2) is 9.19. The Morgan fingerprint density at radius 3 is 2.54 bits per heavy atom. The molecule has 1 N–H and O–H groups in total. The van der Waals surface area contributed by atoms with E-state index in [1.807, 2.05) is 42.7 Å². The van der Waals surface area contributed by atoms with Crippen molar-refractivity contribution < 1.29 is 9.47 Å². The van der Waals surface area contributed by atoms with Gasteiger partial charge in [0.05, 0.1) is 25.6 Å². The van der Waals surface area contributed by atoms with Gasteiger partial charge in [-0.3, -0.25) is 5.43 Å². The van der Waals surface area contributed by atoms with Gasteiger partial charge >= 0.3 is 0 Å².